The van der Waals surface area contributed by atoms with E-state index in [0.29, 0.717) is 11.3 Å². The summed E-state index contributed by atoms with van der Waals surface area (Å²) in [6.07, 6.45) is 3.74. The van der Waals surface area contributed by atoms with E-state index in [0.717, 1.165) is 12.3 Å². The monoisotopic (exact) mass is 270 g/mol. The predicted molar refractivity (Wildman–Crippen MR) is 77.9 cm³/mol. The van der Waals surface area contributed by atoms with Gasteiger partial charge in [0.2, 0.25) is 0 Å². The molecule has 2 rings (SSSR count). The molecule has 17 heavy (non-hydrogen) atoms. The van der Waals surface area contributed by atoms with Crippen LogP contribution in [0, 0.1) is 0 Å². The van der Waals surface area contributed by atoms with Gasteiger partial charge >= 0.3 is 0 Å². The topological polar surface area (TPSA) is 24.9 Å². The number of thioether (sulfide) groups is 1. The second-order valence-electron chi connectivity index (χ2n) is 4.78. The maximum absolute atomic E-state index is 4.81. The van der Waals surface area contributed by atoms with Crippen LogP contribution < -0.4 is 5.32 Å². The summed E-state index contributed by atoms with van der Waals surface area (Å²) in [5.74, 6) is 1.08. The molecule has 1 aromatic rings. The number of aromatic nitrogens is 1. The van der Waals surface area contributed by atoms with Crippen LogP contribution >= 0.6 is 23.1 Å². The van der Waals surface area contributed by atoms with Crippen LogP contribution in [-0.4, -0.2) is 16.8 Å². The second-order valence-corrected chi connectivity index (χ2v) is 7.46. The van der Waals surface area contributed by atoms with Crippen molar-refractivity contribution in [3.05, 3.63) is 15.6 Å². The molecule has 0 aromatic carbocycles. The molecule has 1 N–H and O–H groups in total. The Morgan fingerprint density at radius 1 is 1.53 bits per heavy atom. The minimum Gasteiger partial charge on any atom is -0.309 e. The number of fused-ring (bicyclic) bond motifs is 1. The number of rotatable bonds is 5. The van der Waals surface area contributed by atoms with Crippen molar-refractivity contribution in [1.82, 2.24) is 10.3 Å². The highest BCUT2D eigenvalue weighted by Gasteiger charge is 2.23. The Bertz CT molecular complexity index is 360. The van der Waals surface area contributed by atoms with Gasteiger partial charge in [0.1, 0.15) is 5.01 Å². The smallest absolute Gasteiger partial charge is 0.103 e. The molecule has 0 radical (unpaired) electrons. The predicted octanol–water partition coefficient (Wildman–Crippen LogP) is 3.77. The largest absolute Gasteiger partial charge is 0.309 e. The van der Waals surface area contributed by atoms with Crippen LogP contribution in [0.2, 0.25) is 0 Å². The molecule has 0 aliphatic heterocycles. The Morgan fingerprint density at radius 3 is 3.06 bits per heavy atom. The van der Waals surface area contributed by atoms with E-state index < -0.39 is 0 Å². The van der Waals surface area contributed by atoms with Crippen LogP contribution in [0.3, 0.4) is 0 Å². The molecule has 0 fully saturated rings. The number of nitrogens with one attached hydrogen (secondary N) is 1. The maximum atomic E-state index is 4.81. The highest BCUT2D eigenvalue weighted by atomic mass is 32.2. The third-order valence-electron chi connectivity index (χ3n) is 2.99. The van der Waals surface area contributed by atoms with Crippen LogP contribution in [0.5, 0.6) is 0 Å². The highest BCUT2D eigenvalue weighted by Crippen LogP contribution is 2.35. The summed E-state index contributed by atoms with van der Waals surface area (Å²) in [4.78, 5) is 6.32. The Labute approximate surface area is 113 Å². The molecule has 2 nitrogen and oxygen atoms in total. The highest BCUT2D eigenvalue weighted by molar-refractivity contribution is 7.99. The number of aryl methyl sites for hydroxylation is 1. The molecule has 1 aliphatic carbocycles. The first-order valence-corrected chi connectivity index (χ1v) is 8.40. The van der Waals surface area contributed by atoms with Gasteiger partial charge in [0.25, 0.3) is 0 Å². The second kappa shape index (κ2) is 6.21. The SMILES string of the molecule is CCNC1CCCc2nc(CSC(C)C)sc21. The molecular weight excluding hydrogens is 248 g/mol. The van der Waals surface area contributed by atoms with Gasteiger partial charge in [-0.25, -0.2) is 4.98 Å². The fourth-order valence-electron chi connectivity index (χ4n) is 2.21. The average molecular weight is 270 g/mol. The van der Waals surface area contributed by atoms with E-state index in [1.165, 1.54) is 34.8 Å². The van der Waals surface area contributed by atoms with Gasteiger partial charge in [-0.05, 0) is 31.1 Å². The summed E-state index contributed by atoms with van der Waals surface area (Å²) in [7, 11) is 0. The standard InChI is InChI=1S/C13H22N2S2/c1-4-14-10-6-5-7-11-13(10)17-12(15-11)8-16-9(2)3/h9-10,14H,4-8H2,1-3H3. The molecule has 96 valence electrons. The lowest BCUT2D eigenvalue weighted by atomic mass is 9.98. The molecule has 0 amide bonds. The van der Waals surface area contributed by atoms with Gasteiger partial charge < -0.3 is 5.32 Å². The zero-order valence-corrected chi connectivity index (χ0v) is 12.6. The molecule has 0 spiro atoms. The molecule has 1 heterocycles. The molecule has 1 aliphatic rings. The lowest BCUT2D eigenvalue weighted by Gasteiger charge is -2.21. The lowest BCUT2D eigenvalue weighted by Crippen LogP contribution is -2.23. The zero-order valence-electron chi connectivity index (χ0n) is 11.0. The van der Waals surface area contributed by atoms with Gasteiger partial charge in [-0.2, -0.15) is 11.8 Å². The maximum Gasteiger partial charge on any atom is 0.103 e. The summed E-state index contributed by atoms with van der Waals surface area (Å²) >= 11 is 3.92. The van der Waals surface area contributed by atoms with Crippen molar-refractivity contribution in [2.45, 2.75) is 57.1 Å². The Hall–Kier alpha value is -0.0600. The minimum atomic E-state index is 0.569. The van der Waals surface area contributed by atoms with Gasteiger partial charge in [-0.1, -0.05) is 20.8 Å². The van der Waals surface area contributed by atoms with E-state index in [2.05, 4.69) is 26.1 Å². The summed E-state index contributed by atoms with van der Waals surface area (Å²) in [6.45, 7) is 7.74. The lowest BCUT2D eigenvalue weighted by molar-refractivity contribution is 0.476. The molecule has 0 bridgehead atoms. The molecule has 4 heteroatoms. The first-order chi connectivity index (χ1) is 8.20. The number of thiazole rings is 1. The van der Waals surface area contributed by atoms with Gasteiger partial charge in [-0.3, -0.25) is 0 Å². The van der Waals surface area contributed by atoms with Crippen LogP contribution in [-0.2, 0) is 12.2 Å². The molecular formula is C13H22N2S2. The molecule has 0 saturated heterocycles. The van der Waals surface area contributed by atoms with Crippen molar-refractivity contribution in [2.24, 2.45) is 0 Å². The summed E-state index contributed by atoms with van der Waals surface area (Å²) in [5.41, 5.74) is 1.37. The zero-order chi connectivity index (χ0) is 12.3. The van der Waals surface area contributed by atoms with Crippen LogP contribution in [0.15, 0.2) is 0 Å². The summed E-state index contributed by atoms with van der Waals surface area (Å²) < 4.78 is 0. The molecule has 1 unspecified atom stereocenters. The van der Waals surface area contributed by atoms with E-state index >= 15 is 0 Å². The van der Waals surface area contributed by atoms with Gasteiger partial charge in [-0.15, -0.1) is 11.3 Å². The normalized spacial score (nSPS) is 19.6. The van der Waals surface area contributed by atoms with Crippen LogP contribution in [0.4, 0.5) is 0 Å². The van der Waals surface area contributed by atoms with Gasteiger partial charge in [0.05, 0.1) is 5.69 Å². The van der Waals surface area contributed by atoms with E-state index in [-0.39, 0.29) is 0 Å². The molecule has 1 aromatic heterocycles. The van der Waals surface area contributed by atoms with Gasteiger partial charge in [0.15, 0.2) is 0 Å². The fraction of sp³-hybridized carbons (Fsp3) is 0.769. The molecule has 0 saturated carbocycles. The van der Waals surface area contributed by atoms with Crippen molar-refractivity contribution >= 4 is 23.1 Å². The third-order valence-corrected chi connectivity index (χ3v) is 5.49. The third kappa shape index (κ3) is 3.46. The van der Waals surface area contributed by atoms with Crippen molar-refractivity contribution in [3.8, 4) is 0 Å². The van der Waals surface area contributed by atoms with E-state index in [1.807, 2.05) is 23.1 Å². The molecule has 1 atom stereocenters. The first-order valence-electron chi connectivity index (χ1n) is 6.54. The van der Waals surface area contributed by atoms with Crippen molar-refractivity contribution in [1.29, 1.82) is 0 Å². The summed E-state index contributed by atoms with van der Waals surface area (Å²) in [5, 5.41) is 5.60. The van der Waals surface area contributed by atoms with Crippen LogP contribution in [0.25, 0.3) is 0 Å². The Kier molecular flexibility index (Phi) is 4.88. The van der Waals surface area contributed by atoms with E-state index in [4.69, 9.17) is 4.98 Å². The van der Waals surface area contributed by atoms with E-state index in [9.17, 15) is 0 Å². The van der Waals surface area contributed by atoms with E-state index in [1.54, 1.807) is 0 Å². The van der Waals surface area contributed by atoms with Gasteiger partial charge in [0, 0.05) is 16.7 Å². The fourth-order valence-corrected chi connectivity index (χ4v) is 4.21. The number of hydrogen-bond acceptors (Lipinski definition) is 4. The summed E-state index contributed by atoms with van der Waals surface area (Å²) in [6, 6.07) is 0.569. The van der Waals surface area contributed by atoms with Crippen molar-refractivity contribution < 1.29 is 0 Å². The van der Waals surface area contributed by atoms with Crippen molar-refractivity contribution in [3.63, 3.8) is 0 Å². The number of hydrogen-bond donors (Lipinski definition) is 1. The quantitative estimate of drug-likeness (QED) is 0.881. The van der Waals surface area contributed by atoms with Crippen LogP contribution in [0.1, 0.15) is 55.2 Å². The average Bonchev–Trinajstić information content (AvgIpc) is 2.71. The minimum absolute atomic E-state index is 0.569. The number of nitrogens with zero attached hydrogens (tertiary/aromatic N) is 1. The van der Waals surface area contributed by atoms with Crippen molar-refractivity contribution in [2.75, 3.05) is 6.54 Å². The Balaban J connectivity index is 2.07. The Morgan fingerprint density at radius 2 is 2.35 bits per heavy atom. The first kappa shape index (κ1) is 13.4.